The predicted octanol–water partition coefficient (Wildman–Crippen LogP) is 2.71. The highest BCUT2D eigenvalue weighted by Crippen LogP contribution is 2.30. The van der Waals surface area contributed by atoms with Crippen molar-refractivity contribution in [3.8, 4) is 11.5 Å². The average molecular weight is 382 g/mol. The summed E-state index contributed by atoms with van der Waals surface area (Å²) in [7, 11) is 0. The number of nitrogens with one attached hydrogen (secondary N) is 2. The van der Waals surface area contributed by atoms with E-state index in [4.69, 9.17) is 9.47 Å². The summed E-state index contributed by atoms with van der Waals surface area (Å²) in [5, 5.41) is 5.73. The largest absolute Gasteiger partial charge is 0.486 e. The van der Waals surface area contributed by atoms with E-state index in [1.807, 2.05) is 63.2 Å². The van der Waals surface area contributed by atoms with E-state index in [2.05, 4.69) is 10.6 Å². The smallest absolute Gasteiger partial charge is 0.252 e. The van der Waals surface area contributed by atoms with Gasteiger partial charge in [0, 0.05) is 5.56 Å². The molecule has 0 aromatic heterocycles. The van der Waals surface area contributed by atoms with Crippen LogP contribution < -0.4 is 20.1 Å². The molecule has 1 unspecified atom stereocenters. The van der Waals surface area contributed by atoms with Gasteiger partial charge in [0.05, 0.1) is 6.54 Å². The summed E-state index contributed by atoms with van der Waals surface area (Å²) < 4.78 is 11.5. The number of benzene rings is 2. The van der Waals surface area contributed by atoms with Crippen molar-refractivity contribution in [2.75, 3.05) is 13.2 Å². The number of rotatable bonds is 6. The third kappa shape index (κ3) is 4.63. The van der Waals surface area contributed by atoms with Crippen LogP contribution in [-0.4, -0.2) is 37.1 Å². The van der Waals surface area contributed by atoms with Crippen molar-refractivity contribution in [2.24, 2.45) is 5.92 Å². The summed E-state index contributed by atoms with van der Waals surface area (Å²) in [6, 6.07) is 14.1. The highest BCUT2D eigenvalue weighted by molar-refractivity contribution is 5.98. The van der Waals surface area contributed by atoms with E-state index in [0.29, 0.717) is 30.2 Å². The van der Waals surface area contributed by atoms with Gasteiger partial charge in [-0.2, -0.15) is 0 Å². The quantitative estimate of drug-likeness (QED) is 0.805. The van der Waals surface area contributed by atoms with Crippen molar-refractivity contribution >= 4 is 11.8 Å². The van der Waals surface area contributed by atoms with Gasteiger partial charge in [-0.25, -0.2) is 0 Å². The molecule has 148 valence electrons. The standard InChI is InChI=1S/C22H26N2O4/c1-14(2)20(24-21(25)17-9-5-4-8-15(17)3)22(26)23-12-16-13-27-18-10-6-7-11-19(18)28-16/h4-11,14,16,20H,12-13H2,1-3H3,(H,23,26)(H,24,25)/t16?,20-/m0/s1. The van der Waals surface area contributed by atoms with Crippen LogP contribution >= 0.6 is 0 Å². The molecule has 6 heteroatoms. The lowest BCUT2D eigenvalue weighted by Crippen LogP contribution is -2.52. The minimum Gasteiger partial charge on any atom is -0.486 e. The van der Waals surface area contributed by atoms with E-state index in [-0.39, 0.29) is 23.8 Å². The molecule has 0 saturated heterocycles. The highest BCUT2D eigenvalue weighted by atomic mass is 16.6. The van der Waals surface area contributed by atoms with Crippen molar-refractivity contribution in [3.63, 3.8) is 0 Å². The van der Waals surface area contributed by atoms with Crippen molar-refractivity contribution in [3.05, 3.63) is 59.7 Å². The van der Waals surface area contributed by atoms with E-state index >= 15 is 0 Å². The number of para-hydroxylation sites is 2. The molecule has 0 radical (unpaired) electrons. The number of amides is 2. The molecule has 2 atom stereocenters. The maximum Gasteiger partial charge on any atom is 0.252 e. The number of fused-ring (bicyclic) bond motifs is 1. The monoisotopic (exact) mass is 382 g/mol. The Bertz CT molecular complexity index is 850. The zero-order chi connectivity index (χ0) is 20.1. The Kier molecular flexibility index (Phi) is 6.19. The van der Waals surface area contributed by atoms with Gasteiger partial charge in [0.2, 0.25) is 5.91 Å². The molecule has 1 aliphatic rings. The fourth-order valence-corrected chi connectivity index (χ4v) is 3.07. The van der Waals surface area contributed by atoms with Gasteiger partial charge in [0.1, 0.15) is 18.8 Å². The molecule has 0 saturated carbocycles. The number of carbonyl (C=O) groups is 2. The summed E-state index contributed by atoms with van der Waals surface area (Å²) in [6.45, 7) is 6.34. The van der Waals surface area contributed by atoms with Crippen LogP contribution in [-0.2, 0) is 4.79 Å². The van der Waals surface area contributed by atoms with Crippen molar-refractivity contribution in [1.29, 1.82) is 0 Å². The van der Waals surface area contributed by atoms with Gasteiger partial charge < -0.3 is 20.1 Å². The molecular formula is C22H26N2O4. The van der Waals surface area contributed by atoms with E-state index in [9.17, 15) is 9.59 Å². The third-order valence-corrected chi connectivity index (χ3v) is 4.70. The van der Waals surface area contributed by atoms with Crippen LogP contribution in [0.25, 0.3) is 0 Å². The first-order valence-electron chi connectivity index (χ1n) is 9.48. The van der Waals surface area contributed by atoms with Crippen LogP contribution in [0.1, 0.15) is 29.8 Å². The summed E-state index contributed by atoms with van der Waals surface area (Å²) >= 11 is 0. The topological polar surface area (TPSA) is 76.7 Å². The molecule has 1 aliphatic heterocycles. The van der Waals surface area contributed by atoms with Crippen molar-refractivity contribution in [2.45, 2.75) is 32.9 Å². The zero-order valence-electron chi connectivity index (χ0n) is 16.4. The van der Waals surface area contributed by atoms with Gasteiger partial charge in [0.25, 0.3) is 5.91 Å². The van der Waals surface area contributed by atoms with Gasteiger partial charge in [-0.05, 0) is 36.6 Å². The highest BCUT2D eigenvalue weighted by Gasteiger charge is 2.27. The summed E-state index contributed by atoms with van der Waals surface area (Å²) in [5.41, 5.74) is 1.44. The van der Waals surface area contributed by atoms with E-state index in [0.717, 1.165) is 5.56 Å². The molecule has 28 heavy (non-hydrogen) atoms. The van der Waals surface area contributed by atoms with Crippen molar-refractivity contribution in [1.82, 2.24) is 10.6 Å². The van der Waals surface area contributed by atoms with E-state index in [1.54, 1.807) is 6.07 Å². The molecule has 0 aliphatic carbocycles. The average Bonchev–Trinajstić information content (AvgIpc) is 2.70. The van der Waals surface area contributed by atoms with Crippen molar-refractivity contribution < 1.29 is 19.1 Å². The SMILES string of the molecule is Cc1ccccc1C(=O)N[C@H](C(=O)NCC1COc2ccccc2O1)C(C)C. The molecule has 1 heterocycles. The van der Waals surface area contributed by atoms with E-state index in [1.165, 1.54) is 0 Å². The molecule has 2 amide bonds. The van der Waals surface area contributed by atoms with Crippen LogP contribution in [0.3, 0.4) is 0 Å². The van der Waals surface area contributed by atoms with E-state index < -0.39 is 6.04 Å². The zero-order valence-corrected chi connectivity index (χ0v) is 16.4. The van der Waals surface area contributed by atoms with Gasteiger partial charge >= 0.3 is 0 Å². The first kappa shape index (κ1) is 19.7. The summed E-state index contributed by atoms with van der Waals surface area (Å²) in [5.74, 6) is 0.826. The molecule has 2 aromatic rings. The minimum atomic E-state index is -0.635. The maximum absolute atomic E-state index is 12.7. The fourth-order valence-electron chi connectivity index (χ4n) is 3.07. The Hall–Kier alpha value is -3.02. The molecule has 3 rings (SSSR count). The lowest BCUT2D eigenvalue weighted by atomic mass is 10.0. The predicted molar refractivity (Wildman–Crippen MR) is 107 cm³/mol. The Morgan fingerprint density at radius 1 is 1.07 bits per heavy atom. The molecule has 6 nitrogen and oxygen atoms in total. The summed E-state index contributed by atoms with van der Waals surface area (Å²) in [4.78, 5) is 25.3. The second-order valence-corrected chi connectivity index (χ2v) is 7.25. The normalized spacial score (nSPS) is 16.4. The van der Waals surface area contributed by atoms with Gasteiger partial charge in [0.15, 0.2) is 11.5 Å². The van der Waals surface area contributed by atoms with Gasteiger partial charge in [-0.1, -0.05) is 44.2 Å². The molecule has 0 bridgehead atoms. The van der Waals surface area contributed by atoms with Crippen LogP contribution in [0, 0.1) is 12.8 Å². The number of aryl methyl sites for hydroxylation is 1. The Labute approximate surface area is 165 Å². The van der Waals surface area contributed by atoms with Gasteiger partial charge in [-0.15, -0.1) is 0 Å². The van der Waals surface area contributed by atoms with Crippen LogP contribution in [0.2, 0.25) is 0 Å². The molecular weight excluding hydrogens is 356 g/mol. The third-order valence-electron chi connectivity index (χ3n) is 4.70. The van der Waals surface area contributed by atoms with Crippen LogP contribution in [0.15, 0.2) is 48.5 Å². The second kappa shape index (κ2) is 8.78. The lowest BCUT2D eigenvalue weighted by Gasteiger charge is -2.28. The van der Waals surface area contributed by atoms with Crippen LogP contribution in [0.5, 0.6) is 11.5 Å². The summed E-state index contributed by atoms with van der Waals surface area (Å²) in [6.07, 6.45) is -0.279. The Morgan fingerprint density at radius 3 is 2.46 bits per heavy atom. The number of hydrogen-bond donors (Lipinski definition) is 2. The number of hydrogen-bond acceptors (Lipinski definition) is 4. The lowest BCUT2D eigenvalue weighted by molar-refractivity contribution is -0.124. The number of carbonyl (C=O) groups excluding carboxylic acids is 2. The molecule has 0 spiro atoms. The Balaban J connectivity index is 1.58. The fraction of sp³-hybridized carbons (Fsp3) is 0.364. The second-order valence-electron chi connectivity index (χ2n) is 7.25. The molecule has 0 fully saturated rings. The first-order chi connectivity index (χ1) is 13.5. The molecule has 2 N–H and O–H groups in total. The first-order valence-corrected chi connectivity index (χ1v) is 9.48. The molecule has 2 aromatic carbocycles. The van der Waals surface area contributed by atoms with Crippen LogP contribution in [0.4, 0.5) is 0 Å². The maximum atomic E-state index is 12.7. The number of ether oxygens (including phenoxy) is 2. The Morgan fingerprint density at radius 2 is 1.75 bits per heavy atom. The van der Waals surface area contributed by atoms with Gasteiger partial charge in [-0.3, -0.25) is 9.59 Å². The minimum absolute atomic E-state index is 0.0581.